The molecule has 8 nitrogen and oxygen atoms in total. The number of anilines is 1. The first-order valence-corrected chi connectivity index (χ1v) is 6.51. The van der Waals surface area contributed by atoms with Gasteiger partial charge < -0.3 is 16.2 Å². The van der Waals surface area contributed by atoms with E-state index in [0.29, 0.717) is 0 Å². The molecule has 1 aromatic rings. The third-order valence-electron chi connectivity index (χ3n) is 3.47. The maximum absolute atomic E-state index is 12.4. The first-order valence-electron chi connectivity index (χ1n) is 6.51. The zero-order valence-electron chi connectivity index (χ0n) is 11.9. The van der Waals surface area contributed by atoms with Crippen molar-refractivity contribution in [3.63, 3.8) is 0 Å². The third kappa shape index (κ3) is 2.50. The van der Waals surface area contributed by atoms with Gasteiger partial charge in [0, 0.05) is 12.1 Å². The number of carbonyl (C=O) groups is 4. The Labute approximate surface area is 126 Å². The molecule has 1 atom stereocenters. The van der Waals surface area contributed by atoms with Crippen LogP contribution in [-0.2, 0) is 14.3 Å². The number of nitrogen functional groups attached to an aromatic ring is 1. The summed E-state index contributed by atoms with van der Waals surface area (Å²) < 4.78 is 4.48. The van der Waals surface area contributed by atoms with Gasteiger partial charge in [-0.15, -0.1) is 0 Å². The summed E-state index contributed by atoms with van der Waals surface area (Å²) in [7, 11) is 1.20. The van der Waals surface area contributed by atoms with E-state index in [1.807, 2.05) is 0 Å². The van der Waals surface area contributed by atoms with E-state index in [1.54, 1.807) is 0 Å². The van der Waals surface area contributed by atoms with Crippen LogP contribution in [0.1, 0.15) is 33.6 Å². The summed E-state index contributed by atoms with van der Waals surface area (Å²) in [5.41, 5.74) is 11.3. The van der Waals surface area contributed by atoms with E-state index in [9.17, 15) is 19.2 Å². The molecule has 0 fully saturated rings. The summed E-state index contributed by atoms with van der Waals surface area (Å²) in [6.07, 6.45) is -0.250. The first-order chi connectivity index (χ1) is 10.4. The molecule has 0 bridgehead atoms. The molecule has 1 unspecified atom stereocenters. The lowest BCUT2D eigenvalue weighted by atomic mass is 10.1. The Morgan fingerprint density at radius 3 is 2.50 bits per heavy atom. The number of carbonyl (C=O) groups excluding carboxylic acids is 4. The Hall–Kier alpha value is -2.90. The quantitative estimate of drug-likeness (QED) is 0.435. The van der Waals surface area contributed by atoms with Gasteiger partial charge in [0.1, 0.15) is 6.04 Å². The molecule has 1 aromatic carbocycles. The number of primary amides is 1. The van der Waals surface area contributed by atoms with Crippen molar-refractivity contribution >= 4 is 29.4 Å². The Kier molecular flexibility index (Phi) is 4.11. The van der Waals surface area contributed by atoms with Crippen molar-refractivity contribution in [3.05, 3.63) is 29.3 Å². The predicted octanol–water partition coefficient (Wildman–Crippen LogP) is -0.328. The molecule has 0 radical (unpaired) electrons. The molecule has 0 spiro atoms. The highest BCUT2D eigenvalue weighted by molar-refractivity contribution is 6.24. The van der Waals surface area contributed by atoms with Crippen molar-refractivity contribution in [1.29, 1.82) is 0 Å². The van der Waals surface area contributed by atoms with Crippen molar-refractivity contribution in [2.45, 2.75) is 18.9 Å². The number of nitrogens with two attached hydrogens (primary N) is 2. The summed E-state index contributed by atoms with van der Waals surface area (Å²) in [6.45, 7) is 0. The lowest BCUT2D eigenvalue weighted by Crippen LogP contribution is -2.48. The molecule has 0 aromatic heterocycles. The Balaban J connectivity index is 2.33. The van der Waals surface area contributed by atoms with Crippen LogP contribution in [0.25, 0.3) is 0 Å². The lowest BCUT2D eigenvalue weighted by molar-refractivity contribution is -0.141. The molecule has 22 heavy (non-hydrogen) atoms. The van der Waals surface area contributed by atoms with Crippen LogP contribution in [0.5, 0.6) is 0 Å². The van der Waals surface area contributed by atoms with Gasteiger partial charge in [0.2, 0.25) is 5.91 Å². The number of amides is 3. The Morgan fingerprint density at radius 1 is 1.27 bits per heavy atom. The molecule has 0 saturated carbocycles. The number of rotatable bonds is 5. The fourth-order valence-corrected chi connectivity index (χ4v) is 2.37. The van der Waals surface area contributed by atoms with Crippen molar-refractivity contribution in [1.82, 2.24) is 4.90 Å². The first kappa shape index (κ1) is 15.5. The standard InChI is InChI=1S/C14H15N3O5/c1-22-10(18)6-5-9(12(16)19)17-13(20)7-3-2-4-8(15)11(7)14(17)21/h2-4,9H,5-6,15H2,1H3,(H2,16,19). The van der Waals surface area contributed by atoms with Crippen molar-refractivity contribution in [2.75, 3.05) is 12.8 Å². The maximum atomic E-state index is 12.4. The van der Waals surface area contributed by atoms with Crippen LogP contribution in [0.4, 0.5) is 5.69 Å². The average Bonchev–Trinajstić information content (AvgIpc) is 2.73. The minimum absolute atomic E-state index is 0.0526. The van der Waals surface area contributed by atoms with E-state index in [4.69, 9.17) is 11.5 Å². The zero-order valence-corrected chi connectivity index (χ0v) is 11.9. The second-order valence-electron chi connectivity index (χ2n) is 4.78. The van der Waals surface area contributed by atoms with Crippen LogP contribution in [0.15, 0.2) is 18.2 Å². The van der Waals surface area contributed by atoms with Gasteiger partial charge in [-0.3, -0.25) is 24.1 Å². The number of fused-ring (bicyclic) bond motifs is 1. The Morgan fingerprint density at radius 2 is 1.95 bits per heavy atom. The molecule has 2 rings (SSSR count). The summed E-state index contributed by atoms with van der Waals surface area (Å²) in [4.78, 5) is 48.3. The molecule has 0 aliphatic carbocycles. The molecule has 4 N–H and O–H groups in total. The topological polar surface area (TPSA) is 133 Å². The smallest absolute Gasteiger partial charge is 0.305 e. The molecule has 3 amide bonds. The molecule has 116 valence electrons. The SMILES string of the molecule is COC(=O)CCC(C(N)=O)N1C(=O)c2cccc(N)c2C1=O. The molecule has 1 heterocycles. The average molecular weight is 305 g/mol. The fraction of sp³-hybridized carbons (Fsp3) is 0.286. The number of hydrogen-bond acceptors (Lipinski definition) is 6. The highest BCUT2D eigenvalue weighted by atomic mass is 16.5. The molecular formula is C14H15N3O5. The van der Waals surface area contributed by atoms with Crippen molar-refractivity contribution in [2.24, 2.45) is 5.73 Å². The summed E-state index contributed by atoms with van der Waals surface area (Å²) in [6, 6.07) is 3.24. The number of esters is 1. The molecule has 0 saturated heterocycles. The second kappa shape index (κ2) is 5.84. The van der Waals surface area contributed by atoms with Crippen LogP contribution >= 0.6 is 0 Å². The predicted molar refractivity (Wildman–Crippen MR) is 75.6 cm³/mol. The van der Waals surface area contributed by atoms with E-state index in [-0.39, 0.29) is 29.7 Å². The largest absolute Gasteiger partial charge is 0.469 e. The number of hydrogen-bond donors (Lipinski definition) is 2. The summed E-state index contributed by atoms with van der Waals surface area (Å²) >= 11 is 0. The maximum Gasteiger partial charge on any atom is 0.305 e. The monoisotopic (exact) mass is 305 g/mol. The summed E-state index contributed by atoms with van der Waals surface area (Å²) in [5.74, 6) is -2.79. The van der Waals surface area contributed by atoms with Gasteiger partial charge in [0.25, 0.3) is 11.8 Å². The lowest BCUT2D eigenvalue weighted by Gasteiger charge is -2.23. The van der Waals surface area contributed by atoms with Gasteiger partial charge in [-0.05, 0) is 18.6 Å². The van der Waals surface area contributed by atoms with Crippen molar-refractivity contribution in [3.8, 4) is 0 Å². The van der Waals surface area contributed by atoms with Crippen molar-refractivity contribution < 1.29 is 23.9 Å². The number of imide groups is 1. The minimum Gasteiger partial charge on any atom is -0.469 e. The molecule has 8 heteroatoms. The normalized spacial score (nSPS) is 14.7. The zero-order chi connectivity index (χ0) is 16.4. The van der Waals surface area contributed by atoms with Crippen LogP contribution in [-0.4, -0.2) is 41.7 Å². The van der Waals surface area contributed by atoms with Gasteiger partial charge in [0.05, 0.1) is 18.2 Å². The Bertz CT molecular complexity index is 670. The van der Waals surface area contributed by atoms with Crippen LogP contribution < -0.4 is 11.5 Å². The van der Waals surface area contributed by atoms with Crippen LogP contribution in [0.2, 0.25) is 0 Å². The highest BCUT2D eigenvalue weighted by Gasteiger charge is 2.43. The van der Waals surface area contributed by atoms with Gasteiger partial charge in [0.15, 0.2) is 0 Å². The van der Waals surface area contributed by atoms with Gasteiger partial charge in [-0.2, -0.15) is 0 Å². The third-order valence-corrected chi connectivity index (χ3v) is 3.47. The van der Waals surface area contributed by atoms with E-state index in [1.165, 1.54) is 25.3 Å². The van der Waals surface area contributed by atoms with Crippen LogP contribution in [0, 0.1) is 0 Å². The molecule has 1 aliphatic heterocycles. The highest BCUT2D eigenvalue weighted by Crippen LogP contribution is 2.30. The van der Waals surface area contributed by atoms with Gasteiger partial charge in [-0.25, -0.2) is 0 Å². The fourth-order valence-electron chi connectivity index (χ4n) is 2.37. The van der Waals surface area contributed by atoms with E-state index < -0.39 is 29.7 Å². The molecular weight excluding hydrogens is 290 g/mol. The van der Waals surface area contributed by atoms with Gasteiger partial charge >= 0.3 is 5.97 Å². The van der Waals surface area contributed by atoms with E-state index >= 15 is 0 Å². The van der Waals surface area contributed by atoms with E-state index in [2.05, 4.69) is 4.74 Å². The number of nitrogens with zero attached hydrogens (tertiary/aromatic N) is 1. The minimum atomic E-state index is -1.23. The molecule has 1 aliphatic rings. The summed E-state index contributed by atoms with van der Waals surface area (Å²) in [5, 5.41) is 0. The van der Waals surface area contributed by atoms with E-state index in [0.717, 1.165) is 4.90 Å². The number of benzene rings is 1. The van der Waals surface area contributed by atoms with Gasteiger partial charge in [-0.1, -0.05) is 6.07 Å². The second-order valence-corrected chi connectivity index (χ2v) is 4.78. The number of methoxy groups -OCH3 is 1. The number of ether oxygens (including phenoxy) is 1. The van der Waals surface area contributed by atoms with Crippen LogP contribution in [0.3, 0.4) is 0 Å².